The number of hydrogen-bond acceptors (Lipinski definition) is 3. The molecule has 0 saturated heterocycles. The fraction of sp³-hybridized carbons (Fsp3) is 0.176. The van der Waals surface area contributed by atoms with Gasteiger partial charge in [0.25, 0.3) is 11.5 Å². The fourth-order valence-corrected chi connectivity index (χ4v) is 3.58. The van der Waals surface area contributed by atoms with Crippen molar-refractivity contribution < 1.29 is 13.6 Å². The van der Waals surface area contributed by atoms with Crippen LogP contribution in [0.1, 0.15) is 20.8 Å². The Bertz CT molecular complexity index is 1010. The number of fused-ring (bicyclic) bond motifs is 1. The van der Waals surface area contributed by atoms with E-state index in [1.807, 2.05) is 0 Å². The van der Waals surface area contributed by atoms with Crippen molar-refractivity contribution >= 4 is 27.3 Å². The average molecular weight is 348 g/mol. The quantitative estimate of drug-likeness (QED) is 0.791. The maximum absolute atomic E-state index is 13.6. The second kappa shape index (κ2) is 6.16. The molecule has 1 aromatic carbocycles. The van der Waals surface area contributed by atoms with E-state index in [1.54, 1.807) is 26.2 Å². The molecule has 0 radical (unpaired) electrons. The van der Waals surface area contributed by atoms with Gasteiger partial charge in [-0.1, -0.05) is 0 Å². The van der Waals surface area contributed by atoms with Gasteiger partial charge < -0.3 is 9.88 Å². The summed E-state index contributed by atoms with van der Waals surface area (Å²) in [6.07, 6.45) is 1.64. The number of nitrogens with one attached hydrogen (secondary N) is 1. The molecule has 7 heteroatoms. The number of thiophene rings is 1. The molecule has 3 rings (SSSR count). The van der Waals surface area contributed by atoms with Gasteiger partial charge in [-0.25, -0.2) is 8.78 Å². The van der Waals surface area contributed by atoms with Crippen molar-refractivity contribution in [1.82, 2.24) is 9.88 Å². The molecule has 0 bridgehead atoms. The van der Waals surface area contributed by atoms with E-state index < -0.39 is 17.5 Å². The number of rotatable bonds is 3. The van der Waals surface area contributed by atoms with Crippen LogP contribution in [0, 0.1) is 18.6 Å². The molecule has 0 saturated carbocycles. The lowest BCUT2D eigenvalue weighted by atomic mass is 10.1. The fourth-order valence-electron chi connectivity index (χ4n) is 2.54. The van der Waals surface area contributed by atoms with Gasteiger partial charge in [0, 0.05) is 34.9 Å². The van der Waals surface area contributed by atoms with Crippen molar-refractivity contribution in [2.24, 2.45) is 7.05 Å². The number of pyridine rings is 1. The molecular weight excluding hydrogens is 334 g/mol. The molecule has 0 unspecified atom stereocenters. The Hall–Kier alpha value is -2.54. The summed E-state index contributed by atoms with van der Waals surface area (Å²) in [4.78, 5) is 25.5. The third-order valence-corrected chi connectivity index (χ3v) is 4.84. The van der Waals surface area contributed by atoms with E-state index in [-0.39, 0.29) is 23.2 Å². The zero-order valence-electron chi connectivity index (χ0n) is 13.0. The van der Waals surface area contributed by atoms with Crippen LogP contribution in [0.5, 0.6) is 0 Å². The number of carbonyl (C=O) groups excluding carboxylic acids is 1. The SMILES string of the molecule is Cc1sc2ccn(C)c(=O)c2c1C(=O)NCc1cc(F)ccc1F. The summed E-state index contributed by atoms with van der Waals surface area (Å²) in [5, 5.41) is 2.91. The van der Waals surface area contributed by atoms with Gasteiger partial charge in [0.05, 0.1) is 10.9 Å². The molecule has 2 aromatic heterocycles. The maximum Gasteiger partial charge on any atom is 0.259 e. The third kappa shape index (κ3) is 2.82. The molecule has 0 fully saturated rings. The van der Waals surface area contributed by atoms with Crippen LogP contribution in [-0.2, 0) is 13.6 Å². The van der Waals surface area contributed by atoms with Gasteiger partial charge in [-0.05, 0) is 31.2 Å². The van der Waals surface area contributed by atoms with E-state index in [1.165, 1.54) is 15.9 Å². The molecule has 0 spiro atoms. The first-order valence-corrected chi connectivity index (χ1v) is 8.01. The highest BCUT2D eigenvalue weighted by atomic mass is 32.1. The first kappa shape index (κ1) is 16.3. The summed E-state index contributed by atoms with van der Waals surface area (Å²) < 4.78 is 29.0. The molecule has 0 aliphatic rings. The lowest BCUT2D eigenvalue weighted by Crippen LogP contribution is -2.26. The van der Waals surface area contributed by atoms with Crippen molar-refractivity contribution in [3.8, 4) is 0 Å². The molecule has 1 amide bonds. The standard InChI is InChI=1S/C17H14F2N2O2S/c1-9-14(15-13(24-9)5-6-21(2)17(15)23)16(22)20-8-10-7-11(18)3-4-12(10)19/h3-7H,8H2,1-2H3,(H,20,22). The molecule has 2 heterocycles. The predicted molar refractivity (Wildman–Crippen MR) is 89.3 cm³/mol. The lowest BCUT2D eigenvalue weighted by Gasteiger charge is -2.07. The van der Waals surface area contributed by atoms with Gasteiger partial charge in [-0.2, -0.15) is 0 Å². The number of amides is 1. The molecule has 3 aromatic rings. The highest BCUT2D eigenvalue weighted by Crippen LogP contribution is 2.28. The van der Waals surface area contributed by atoms with Crippen molar-refractivity contribution in [3.05, 3.63) is 68.5 Å². The van der Waals surface area contributed by atoms with Crippen LogP contribution in [0.3, 0.4) is 0 Å². The molecule has 24 heavy (non-hydrogen) atoms. The number of halogens is 2. The number of benzene rings is 1. The lowest BCUT2D eigenvalue weighted by molar-refractivity contribution is 0.0952. The Balaban J connectivity index is 1.95. The monoisotopic (exact) mass is 348 g/mol. The maximum atomic E-state index is 13.6. The molecule has 0 aliphatic carbocycles. The van der Waals surface area contributed by atoms with E-state index in [0.717, 1.165) is 22.9 Å². The topological polar surface area (TPSA) is 51.1 Å². The number of aromatic nitrogens is 1. The van der Waals surface area contributed by atoms with Gasteiger partial charge in [-0.15, -0.1) is 11.3 Å². The number of carbonyl (C=O) groups is 1. The van der Waals surface area contributed by atoms with Gasteiger partial charge >= 0.3 is 0 Å². The summed E-state index contributed by atoms with van der Waals surface area (Å²) in [6.45, 7) is 1.59. The highest BCUT2D eigenvalue weighted by Gasteiger charge is 2.19. The van der Waals surface area contributed by atoms with Crippen LogP contribution in [-0.4, -0.2) is 10.5 Å². The normalized spacial score (nSPS) is 11.0. The van der Waals surface area contributed by atoms with Crippen LogP contribution >= 0.6 is 11.3 Å². The Morgan fingerprint density at radius 2 is 2.04 bits per heavy atom. The molecule has 0 atom stereocenters. The van der Waals surface area contributed by atoms with Crippen molar-refractivity contribution in [1.29, 1.82) is 0 Å². The zero-order valence-corrected chi connectivity index (χ0v) is 13.8. The van der Waals surface area contributed by atoms with E-state index in [2.05, 4.69) is 5.32 Å². The van der Waals surface area contributed by atoms with Gasteiger partial charge in [-0.3, -0.25) is 9.59 Å². The minimum Gasteiger partial charge on any atom is -0.348 e. The number of nitrogens with zero attached hydrogens (tertiary/aromatic N) is 1. The minimum absolute atomic E-state index is 0.0495. The van der Waals surface area contributed by atoms with Crippen LogP contribution < -0.4 is 10.9 Å². The number of hydrogen-bond donors (Lipinski definition) is 1. The second-order valence-electron chi connectivity index (χ2n) is 5.42. The Morgan fingerprint density at radius 3 is 2.79 bits per heavy atom. The first-order valence-electron chi connectivity index (χ1n) is 7.19. The summed E-state index contributed by atoms with van der Waals surface area (Å²) in [5.74, 6) is -1.66. The summed E-state index contributed by atoms with van der Waals surface area (Å²) in [6, 6.07) is 4.84. The number of aryl methyl sites for hydroxylation is 2. The molecule has 0 aliphatic heterocycles. The molecule has 4 nitrogen and oxygen atoms in total. The van der Waals surface area contributed by atoms with Crippen molar-refractivity contribution in [2.75, 3.05) is 0 Å². The third-order valence-electron chi connectivity index (χ3n) is 3.77. The Labute approximate surface area is 140 Å². The van der Waals surface area contributed by atoms with Gasteiger partial charge in [0.2, 0.25) is 0 Å². The van der Waals surface area contributed by atoms with Gasteiger partial charge in [0.15, 0.2) is 0 Å². The van der Waals surface area contributed by atoms with Crippen LogP contribution in [0.2, 0.25) is 0 Å². The van der Waals surface area contributed by atoms with E-state index in [4.69, 9.17) is 0 Å². The van der Waals surface area contributed by atoms with Crippen LogP contribution in [0.4, 0.5) is 8.78 Å². The largest absolute Gasteiger partial charge is 0.348 e. The Morgan fingerprint density at radius 1 is 1.29 bits per heavy atom. The van der Waals surface area contributed by atoms with Crippen molar-refractivity contribution in [3.63, 3.8) is 0 Å². The van der Waals surface area contributed by atoms with Crippen LogP contribution in [0.15, 0.2) is 35.3 Å². The van der Waals surface area contributed by atoms with Crippen LogP contribution in [0.25, 0.3) is 10.1 Å². The summed E-state index contributed by atoms with van der Waals surface area (Å²) in [5.41, 5.74) is 0.0698. The summed E-state index contributed by atoms with van der Waals surface area (Å²) in [7, 11) is 1.61. The average Bonchev–Trinajstić information content (AvgIpc) is 2.88. The van der Waals surface area contributed by atoms with Gasteiger partial charge in [0.1, 0.15) is 11.6 Å². The Kier molecular flexibility index (Phi) is 4.19. The smallest absolute Gasteiger partial charge is 0.259 e. The predicted octanol–water partition coefficient (Wildman–Crippen LogP) is 3.12. The first-order chi connectivity index (χ1) is 11.4. The second-order valence-corrected chi connectivity index (χ2v) is 6.68. The molecule has 1 N–H and O–H groups in total. The minimum atomic E-state index is -0.598. The molecule has 124 valence electrons. The molecular formula is C17H14F2N2O2S. The highest BCUT2D eigenvalue weighted by molar-refractivity contribution is 7.19. The summed E-state index contributed by atoms with van der Waals surface area (Å²) >= 11 is 1.35. The van der Waals surface area contributed by atoms with E-state index >= 15 is 0 Å². The van der Waals surface area contributed by atoms with E-state index in [0.29, 0.717) is 10.3 Å². The van der Waals surface area contributed by atoms with Crippen molar-refractivity contribution in [2.45, 2.75) is 13.5 Å². The zero-order chi connectivity index (χ0) is 17.4. The van der Waals surface area contributed by atoms with E-state index in [9.17, 15) is 18.4 Å².